The Morgan fingerprint density at radius 3 is 2.94 bits per heavy atom. The Bertz CT molecular complexity index is 348. The molecule has 0 spiro atoms. The molecule has 1 heterocycles. The normalized spacial score (nSPS) is 22.1. The van der Waals surface area contributed by atoms with Crippen LogP contribution in [0.15, 0.2) is 24.3 Å². The Morgan fingerprint density at radius 2 is 2.24 bits per heavy atom. The van der Waals surface area contributed by atoms with Crippen LogP contribution in [0.1, 0.15) is 24.8 Å². The summed E-state index contributed by atoms with van der Waals surface area (Å²) in [6, 6.07) is 8.11. The van der Waals surface area contributed by atoms with E-state index in [9.17, 15) is 0 Å². The topological polar surface area (TPSA) is 44.5 Å². The zero-order valence-electron chi connectivity index (χ0n) is 10.4. The highest BCUT2D eigenvalue weighted by Crippen LogP contribution is 2.22. The summed E-state index contributed by atoms with van der Waals surface area (Å²) in [4.78, 5) is 0. The van der Waals surface area contributed by atoms with Crippen LogP contribution in [0, 0.1) is 0 Å². The minimum absolute atomic E-state index is 0.0617. The summed E-state index contributed by atoms with van der Waals surface area (Å²) in [7, 11) is 1.70. The Balaban J connectivity index is 1.99. The Hall–Kier alpha value is -1.06. The Morgan fingerprint density at radius 1 is 1.41 bits per heavy atom. The van der Waals surface area contributed by atoms with Crippen LogP contribution in [-0.2, 0) is 11.2 Å². The molecule has 2 N–H and O–H groups in total. The molecule has 1 aliphatic rings. The molecule has 0 aliphatic carbocycles. The van der Waals surface area contributed by atoms with E-state index >= 15 is 0 Å². The van der Waals surface area contributed by atoms with Crippen molar-refractivity contribution >= 4 is 0 Å². The number of hydrogen-bond acceptors (Lipinski definition) is 3. The Kier molecular flexibility index (Phi) is 4.40. The van der Waals surface area contributed by atoms with Crippen molar-refractivity contribution in [1.82, 2.24) is 0 Å². The summed E-state index contributed by atoms with van der Waals surface area (Å²) in [6.45, 7) is 0.851. The third kappa shape index (κ3) is 3.20. The summed E-state index contributed by atoms with van der Waals surface area (Å²) in [5, 5.41) is 0. The molecule has 2 unspecified atom stereocenters. The van der Waals surface area contributed by atoms with Crippen molar-refractivity contribution in [1.29, 1.82) is 0 Å². The number of rotatable bonds is 4. The van der Waals surface area contributed by atoms with Gasteiger partial charge in [-0.1, -0.05) is 18.2 Å². The highest BCUT2D eigenvalue weighted by Gasteiger charge is 2.22. The van der Waals surface area contributed by atoms with Crippen LogP contribution in [0.3, 0.4) is 0 Å². The number of methoxy groups -OCH3 is 1. The van der Waals surface area contributed by atoms with Gasteiger partial charge in [0.05, 0.1) is 13.2 Å². The van der Waals surface area contributed by atoms with Crippen molar-refractivity contribution in [2.24, 2.45) is 5.73 Å². The molecule has 1 aromatic rings. The number of hydrogen-bond donors (Lipinski definition) is 1. The van der Waals surface area contributed by atoms with Crippen molar-refractivity contribution in [3.63, 3.8) is 0 Å². The first-order valence-electron chi connectivity index (χ1n) is 6.30. The molecule has 1 fully saturated rings. The number of para-hydroxylation sites is 1. The molecule has 0 bridgehead atoms. The van der Waals surface area contributed by atoms with Gasteiger partial charge in [-0.3, -0.25) is 0 Å². The zero-order chi connectivity index (χ0) is 12.1. The third-order valence-corrected chi connectivity index (χ3v) is 3.34. The van der Waals surface area contributed by atoms with E-state index in [0.29, 0.717) is 0 Å². The minimum Gasteiger partial charge on any atom is -0.496 e. The zero-order valence-corrected chi connectivity index (χ0v) is 10.4. The van der Waals surface area contributed by atoms with E-state index in [1.807, 2.05) is 18.2 Å². The monoisotopic (exact) mass is 235 g/mol. The molecule has 0 saturated carbocycles. The maximum Gasteiger partial charge on any atom is 0.122 e. The molecule has 3 nitrogen and oxygen atoms in total. The lowest BCUT2D eigenvalue weighted by Crippen LogP contribution is -2.40. The highest BCUT2D eigenvalue weighted by molar-refractivity contribution is 5.33. The first-order chi connectivity index (χ1) is 8.31. The van der Waals surface area contributed by atoms with E-state index in [-0.39, 0.29) is 12.1 Å². The van der Waals surface area contributed by atoms with Gasteiger partial charge in [0.25, 0.3) is 0 Å². The second-order valence-electron chi connectivity index (χ2n) is 4.58. The third-order valence-electron chi connectivity index (χ3n) is 3.34. The van der Waals surface area contributed by atoms with Gasteiger partial charge in [0.15, 0.2) is 0 Å². The summed E-state index contributed by atoms with van der Waals surface area (Å²) in [5.74, 6) is 0.916. The second-order valence-corrected chi connectivity index (χ2v) is 4.58. The van der Waals surface area contributed by atoms with Gasteiger partial charge in [-0.2, -0.15) is 0 Å². The smallest absolute Gasteiger partial charge is 0.122 e. The number of benzene rings is 1. The van der Waals surface area contributed by atoms with Crippen molar-refractivity contribution in [2.75, 3.05) is 13.7 Å². The maximum absolute atomic E-state index is 6.22. The molecule has 2 rings (SSSR count). The molecule has 0 radical (unpaired) electrons. The molecule has 0 aromatic heterocycles. The first-order valence-corrected chi connectivity index (χ1v) is 6.30. The van der Waals surface area contributed by atoms with Gasteiger partial charge in [0.1, 0.15) is 5.75 Å². The average molecular weight is 235 g/mol. The van der Waals surface area contributed by atoms with Crippen molar-refractivity contribution in [2.45, 2.75) is 37.8 Å². The van der Waals surface area contributed by atoms with E-state index in [2.05, 4.69) is 6.07 Å². The van der Waals surface area contributed by atoms with Gasteiger partial charge in [-0.15, -0.1) is 0 Å². The Labute approximate surface area is 103 Å². The van der Waals surface area contributed by atoms with E-state index in [1.54, 1.807) is 7.11 Å². The number of ether oxygens (including phenoxy) is 2. The van der Waals surface area contributed by atoms with E-state index < -0.39 is 0 Å². The molecule has 94 valence electrons. The molecule has 3 heteroatoms. The van der Waals surface area contributed by atoms with Gasteiger partial charge in [-0.05, 0) is 37.3 Å². The molecule has 1 aromatic carbocycles. The second kappa shape index (κ2) is 6.03. The van der Waals surface area contributed by atoms with Crippen LogP contribution in [0.4, 0.5) is 0 Å². The molecular formula is C14H21NO2. The minimum atomic E-state index is 0.0617. The van der Waals surface area contributed by atoms with Crippen molar-refractivity contribution < 1.29 is 9.47 Å². The predicted octanol–water partition coefficient (Wildman–Crippen LogP) is 2.13. The summed E-state index contributed by atoms with van der Waals surface area (Å²) < 4.78 is 11.1. The van der Waals surface area contributed by atoms with Gasteiger partial charge < -0.3 is 15.2 Å². The molecular weight excluding hydrogens is 214 g/mol. The largest absolute Gasteiger partial charge is 0.496 e. The van der Waals surface area contributed by atoms with E-state index in [1.165, 1.54) is 6.42 Å². The lowest BCUT2D eigenvalue weighted by Gasteiger charge is -2.28. The fourth-order valence-electron chi connectivity index (χ4n) is 2.36. The highest BCUT2D eigenvalue weighted by atomic mass is 16.5. The molecule has 1 aliphatic heterocycles. The molecule has 0 amide bonds. The SMILES string of the molecule is COc1ccccc1CC(N)C1CCCCO1. The lowest BCUT2D eigenvalue weighted by molar-refractivity contribution is 0.000558. The van der Waals surface area contributed by atoms with Gasteiger partial charge >= 0.3 is 0 Å². The maximum atomic E-state index is 6.22. The first kappa shape index (κ1) is 12.4. The van der Waals surface area contributed by atoms with Gasteiger partial charge in [0.2, 0.25) is 0 Å². The predicted molar refractivity (Wildman–Crippen MR) is 68.3 cm³/mol. The fourth-order valence-corrected chi connectivity index (χ4v) is 2.36. The molecule has 17 heavy (non-hydrogen) atoms. The van der Waals surface area contributed by atoms with E-state index in [0.717, 1.165) is 37.2 Å². The quantitative estimate of drug-likeness (QED) is 0.869. The van der Waals surface area contributed by atoms with Crippen molar-refractivity contribution in [3.05, 3.63) is 29.8 Å². The summed E-state index contributed by atoms with van der Waals surface area (Å²) >= 11 is 0. The van der Waals surface area contributed by atoms with Crippen molar-refractivity contribution in [3.8, 4) is 5.75 Å². The van der Waals surface area contributed by atoms with Crippen LogP contribution >= 0.6 is 0 Å². The van der Waals surface area contributed by atoms with Crippen LogP contribution in [-0.4, -0.2) is 25.9 Å². The van der Waals surface area contributed by atoms with Crippen LogP contribution < -0.4 is 10.5 Å². The summed E-state index contributed by atoms with van der Waals surface area (Å²) in [5.41, 5.74) is 7.39. The standard InChI is InChI=1S/C14H21NO2/c1-16-13-7-3-2-6-11(13)10-12(15)14-8-4-5-9-17-14/h2-3,6-7,12,14H,4-5,8-10,15H2,1H3. The number of nitrogens with two attached hydrogens (primary N) is 1. The molecule has 2 atom stereocenters. The van der Waals surface area contributed by atoms with Gasteiger partial charge in [-0.25, -0.2) is 0 Å². The fraction of sp³-hybridized carbons (Fsp3) is 0.571. The summed E-state index contributed by atoms with van der Waals surface area (Å²) in [6.07, 6.45) is 4.49. The van der Waals surface area contributed by atoms with Crippen LogP contribution in [0.2, 0.25) is 0 Å². The van der Waals surface area contributed by atoms with E-state index in [4.69, 9.17) is 15.2 Å². The lowest BCUT2D eigenvalue weighted by atomic mass is 9.96. The van der Waals surface area contributed by atoms with Gasteiger partial charge in [0, 0.05) is 12.6 Å². The van der Waals surface area contributed by atoms with Crippen LogP contribution in [0.25, 0.3) is 0 Å². The van der Waals surface area contributed by atoms with Crippen LogP contribution in [0.5, 0.6) is 5.75 Å². The molecule has 1 saturated heterocycles. The average Bonchev–Trinajstić information content (AvgIpc) is 2.40.